The first-order chi connectivity index (χ1) is 9.22. The molecule has 0 saturated carbocycles. The first kappa shape index (κ1) is 17.6. The van der Waals surface area contributed by atoms with Crippen LogP contribution in [0.25, 0.3) is 0 Å². The number of rotatable bonds is 5. The molecule has 0 radical (unpaired) electrons. The van der Waals surface area contributed by atoms with E-state index in [-0.39, 0.29) is 30.3 Å². The lowest BCUT2D eigenvalue weighted by atomic mass is 10.2. The van der Waals surface area contributed by atoms with Crippen molar-refractivity contribution in [2.45, 2.75) is 44.7 Å². The molecule has 20 heavy (non-hydrogen) atoms. The lowest BCUT2D eigenvalue weighted by Crippen LogP contribution is -2.49. The van der Waals surface area contributed by atoms with Crippen molar-refractivity contribution >= 4 is 36.0 Å². The van der Waals surface area contributed by atoms with Gasteiger partial charge in [-0.3, -0.25) is 9.59 Å². The van der Waals surface area contributed by atoms with E-state index in [0.29, 0.717) is 24.9 Å². The van der Waals surface area contributed by atoms with E-state index in [4.69, 9.17) is 0 Å². The van der Waals surface area contributed by atoms with Crippen molar-refractivity contribution in [3.8, 4) is 0 Å². The average molecular weight is 322 g/mol. The zero-order valence-electron chi connectivity index (χ0n) is 11.9. The first-order valence-electron chi connectivity index (χ1n) is 7.10. The van der Waals surface area contributed by atoms with Gasteiger partial charge in [0.2, 0.25) is 11.8 Å². The summed E-state index contributed by atoms with van der Waals surface area (Å²) in [6.45, 7) is 3.71. The van der Waals surface area contributed by atoms with Crippen LogP contribution in [0.3, 0.4) is 0 Å². The molecule has 7 heteroatoms. The Kier molecular flexibility index (Phi) is 7.69. The van der Waals surface area contributed by atoms with Crippen LogP contribution in [0.5, 0.6) is 0 Å². The first-order valence-corrected chi connectivity index (χ1v) is 8.26. The fourth-order valence-electron chi connectivity index (χ4n) is 2.54. The Bertz CT molecular complexity index is 338. The zero-order valence-corrected chi connectivity index (χ0v) is 13.5. The van der Waals surface area contributed by atoms with Crippen LogP contribution in [-0.2, 0) is 9.59 Å². The molecular weight excluding hydrogens is 298 g/mol. The van der Waals surface area contributed by atoms with Gasteiger partial charge in [0.05, 0.1) is 5.88 Å². The number of halogens is 1. The van der Waals surface area contributed by atoms with E-state index in [0.717, 1.165) is 25.1 Å². The van der Waals surface area contributed by atoms with Gasteiger partial charge in [0.15, 0.2) is 0 Å². The minimum atomic E-state index is -0.273. The maximum absolute atomic E-state index is 12.2. The minimum Gasteiger partial charge on any atom is -0.353 e. The van der Waals surface area contributed by atoms with Crippen molar-refractivity contribution < 1.29 is 9.59 Å². The van der Waals surface area contributed by atoms with Gasteiger partial charge in [-0.15, -0.1) is 24.2 Å². The number of nitrogens with zero attached hydrogens (tertiary/aromatic N) is 1. The van der Waals surface area contributed by atoms with Crippen molar-refractivity contribution in [3.63, 3.8) is 0 Å². The Morgan fingerprint density at radius 3 is 2.90 bits per heavy atom. The van der Waals surface area contributed by atoms with Crippen LogP contribution in [0.1, 0.15) is 32.6 Å². The molecule has 2 N–H and O–H groups in total. The smallest absolute Gasteiger partial charge is 0.243 e. The van der Waals surface area contributed by atoms with Gasteiger partial charge in [0, 0.05) is 24.8 Å². The third-order valence-corrected chi connectivity index (χ3v) is 4.67. The Morgan fingerprint density at radius 2 is 2.25 bits per heavy atom. The van der Waals surface area contributed by atoms with E-state index in [1.54, 1.807) is 16.7 Å². The van der Waals surface area contributed by atoms with Gasteiger partial charge >= 0.3 is 0 Å². The largest absolute Gasteiger partial charge is 0.353 e. The Balaban J connectivity index is 0.00000200. The summed E-state index contributed by atoms with van der Waals surface area (Å²) in [6.07, 6.45) is 3.67. The molecule has 5 nitrogen and oxygen atoms in total. The van der Waals surface area contributed by atoms with Gasteiger partial charge in [0.25, 0.3) is 0 Å². The molecule has 0 aromatic heterocycles. The quantitative estimate of drug-likeness (QED) is 0.792. The monoisotopic (exact) mass is 321 g/mol. The molecule has 2 rings (SSSR count). The summed E-state index contributed by atoms with van der Waals surface area (Å²) in [4.78, 5) is 25.8. The Hall–Kier alpha value is -0.460. The molecule has 2 aliphatic rings. The van der Waals surface area contributed by atoms with Gasteiger partial charge in [-0.25, -0.2) is 0 Å². The number of carbonyl (C=O) groups is 2. The van der Waals surface area contributed by atoms with Crippen LogP contribution in [0.2, 0.25) is 0 Å². The molecule has 0 aromatic rings. The third-order valence-electron chi connectivity index (χ3n) is 3.65. The fraction of sp³-hybridized carbons (Fsp3) is 0.846. The summed E-state index contributed by atoms with van der Waals surface area (Å²) in [5, 5.41) is 6.34. The van der Waals surface area contributed by atoms with E-state index in [9.17, 15) is 9.59 Å². The molecule has 0 spiro atoms. The molecule has 0 aromatic carbocycles. The Labute approximate surface area is 131 Å². The van der Waals surface area contributed by atoms with Crippen LogP contribution in [0.15, 0.2) is 0 Å². The summed E-state index contributed by atoms with van der Waals surface area (Å²) in [7, 11) is 0. The number of carbonyl (C=O) groups excluding carboxylic acids is 2. The summed E-state index contributed by atoms with van der Waals surface area (Å²) in [6, 6.07) is 0.128. The maximum Gasteiger partial charge on any atom is 0.243 e. The normalized spacial score (nSPS) is 25.4. The summed E-state index contributed by atoms with van der Waals surface area (Å²) >= 11 is 1.66. The van der Waals surface area contributed by atoms with Gasteiger partial charge in [-0.2, -0.15) is 0 Å². The molecule has 2 amide bonds. The van der Waals surface area contributed by atoms with Crippen molar-refractivity contribution in [2.24, 2.45) is 0 Å². The number of hydrogen-bond acceptors (Lipinski definition) is 4. The van der Waals surface area contributed by atoms with Crippen molar-refractivity contribution in [2.75, 3.05) is 24.7 Å². The summed E-state index contributed by atoms with van der Waals surface area (Å²) in [5.74, 6) is 1.48. The van der Waals surface area contributed by atoms with Gasteiger partial charge in [0.1, 0.15) is 6.04 Å². The van der Waals surface area contributed by atoms with Gasteiger partial charge in [-0.1, -0.05) is 6.92 Å². The maximum atomic E-state index is 12.2. The van der Waals surface area contributed by atoms with E-state index in [2.05, 4.69) is 10.6 Å². The average Bonchev–Trinajstić information content (AvgIpc) is 3.07. The van der Waals surface area contributed by atoms with Crippen LogP contribution in [0, 0.1) is 0 Å². The number of amides is 2. The minimum absolute atomic E-state index is 0. The predicted molar refractivity (Wildman–Crippen MR) is 84.1 cm³/mol. The topological polar surface area (TPSA) is 61.4 Å². The van der Waals surface area contributed by atoms with Crippen LogP contribution >= 0.6 is 24.2 Å². The molecule has 2 fully saturated rings. The molecule has 0 aliphatic carbocycles. The highest BCUT2D eigenvalue weighted by atomic mass is 35.5. The van der Waals surface area contributed by atoms with Gasteiger partial charge in [-0.05, 0) is 25.8 Å². The molecule has 2 unspecified atom stereocenters. The standard InChI is InChI=1S/C13H23N3O2S.ClH/c1-2-4-12(17)16-9-19-8-11(16)13(18)15-7-10-5-3-6-14-10;/h10-11,14H,2-9H2,1H3,(H,15,18);1H. The van der Waals surface area contributed by atoms with Crippen LogP contribution in [-0.4, -0.2) is 53.5 Å². The third kappa shape index (κ3) is 4.53. The van der Waals surface area contributed by atoms with Gasteiger partial charge < -0.3 is 15.5 Å². The molecule has 2 saturated heterocycles. The number of thioether (sulfide) groups is 1. The second kappa shape index (κ2) is 8.74. The SMILES string of the molecule is CCCC(=O)N1CSCC1C(=O)NCC1CCCN1.Cl. The van der Waals surface area contributed by atoms with E-state index in [1.165, 1.54) is 6.42 Å². The number of nitrogens with one attached hydrogen (secondary N) is 2. The lowest BCUT2D eigenvalue weighted by molar-refractivity contribution is -0.138. The zero-order chi connectivity index (χ0) is 13.7. The Morgan fingerprint density at radius 1 is 1.45 bits per heavy atom. The summed E-state index contributed by atoms with van der Waals surface area (Å²) < 4.78 is 0. The highest BCUT2D eigenvalue weighted by molar-refractivity contribution is 7.99. The molecule has 2 atom stereocenters. The predicted octanol–water partition coefficient (Wildman–Crippen LogP) is 0.978. The van der Waals surface area contributed by atoms with Crippen LogP contribution in [0.4, 0.5) is 0 Å². The number of hydrogen-bond donors (Lipinski definition) is 2. The van der Waals surface area contributed by atoms with Crippen molar-refractivity contribution in [3.05, 3.63) is 0 Å². The van der Waals surface area contributed by atoms with Crippen molar-refractivity contribution in [1.82, 2.24) is 15.5 Å². The van der Waals surface area contributed by atoms with E-state index in [1.807, 2.05) is 6.92 Å². The molecular formula is C13H24ClN3O2S. The second-order valence-electron chi connectivity index (χ2n) is 5.17. The molecule has 116 valence electrons. The molecule has 2 heterocycles. The van der Waals surface area contributed by atoms with Crippen LogP contribution < -0.4 is 10.6 Å². The second-order valence-corrected chi connectivity index (χ2v) is 6.17. The summed E-state index contributed by atoms with van der Waals surface area (Å²) in [5.41, 5.74) is 0. The lowest BCUT2D eigenvalue weighted by Gasteiger charge is -2.23. The van der Waals surface area contributed by atoms with E-state index < -0.39 is 0 Å². The molecule has 0 bridgehead atoms. The highest BCUT2D eigenvalue weighted by Gasteiger charge is 2.34. The molecule has 2 aliphatic heterocycles. The highest BCUT2D eigenvalue weighted by Crippen LogP contribution is 2.22. The fourth-order valence-corrected chi connectivity index (χ4v) is 3.72. The van der Waals surface area contributed by atoms with E-state index >= 15 is 0 Å². The van der Waals surface area contributed by atoms with Crippen molar-refractivity contribution in [1.29, 1.82) is 0 Å².